The number of carbonyl (C=O) groups excluding carboxylic acids is 2. The lowest BCUT2D eigenvalue weighted by atomic mass is 10.1. The molecule has 2 aromatic rings. The van der Waals surface area contributed by atoms with E-state index in [-0.39, 0.29) is 18.5 Å². The fraction of sp³-hybridized carbons (Fsp3) is 0.0667. The van der Waals surface area contributed by atoms with Crippen LogP contribution in [0.25, 0.3) is 0 Å². The van der Waals surface area contributed by atoms with Gasteiger partial charge in [-0.2, -0.15) is 0 Å². The molecule has 0 atom stereocenters. The van der Waals surface area contributed by atoms with E-state index in [1.165, 1.54) is 4.90 Å². The summed E-state index contributed by atoms with van der Waals surface area (Å²) in [4.78, 5) is 25.5. The molecule has 0 aromatic heterocycles. The molecule has 0 saturated heterocycles. The molecule has 0 saturated carbocycles. The van der Waals surface area contributed by atoms with Crippen molar-refractivity contribution in [2.45, 2.75) is 0 Å². The summed E-state index contributed by atoms with van der Waals surface area (Å²) in [5, 5.41) is 3.08. The fourth-order valence-corrected chi connectivity index (χ4v) is 2.55. The summed E-state index contributed by atoms with van der Waals surface area (Å²) in [5.41, 5.74) is 1.78. The van der Waals surface area contributed by atoms with Gasteiger partial charge in [-0.15, -0.1) is 0 Å². The molecule has 1 N–H and O–H groups in total. The van der Waals surface area contributed by atoms with Crippen LogP contribution in [0.1, 0.15) is 20.7 Å². The summed E-state index contributed by atoms with van der Waals surface area (Å²) in [5.74, 6) is -0.513. The summed E-state index contributed by atoms with van der Waals surface area (Å²) in [6, 6.07) is 14.4. The molecule has 1 heterocycles. The van der Waals surface area contributed by atoms with Crippen LogP contribution < -0.4 is 5.32 Å². The van der Waals surface area contributed by atoms with E-state index in [2.05, 4.69) is 21.2 Å². The first-order valence-electron chi connectivity index (χ1n) is 6.11. The van der Waals surface area contributed by atoms with Gasteiger partial charge in [-0.05, 0) is 30.3 Å². The van der Waals surface area contributed by atoms with Crippen LogP contribution in [0.5, 0.6) is 0 Å². The van der Waals surface area contributed by atoms with Gasteiger partial charge in [0.1, 0.15) is 0 Å². The Morgan fingerprint density at radius 1 is 0.950 bits per heavy atom. The third kappa shape index (κ3) is 2.20. The number of hydrogen-bond donors (Lipinski definition) is 1. The van der Waals surface area contributed by atoms with Crippen molar-refractivity contribution in [2.24, 2.45) is 0 Å². The van der Waals surface area contributed by atoms with E-state index >= 15 is 0 Å². The Bertz CT molecular complexity index is 665. The predicted octanol–water partition coefficient (Wildman–Crippen LogP) is 3.11. The molecular weight excluding hydrogens is 320 g/mol. The molecule has 0 aliphatic carbocycles. The highest BCUT2D eigenvalue weighted by molar-refractivity contribution is 9.10. The van der Waals surface area contributed by atoms with Crippen molar-refractivity contribution < 1.29 is 9.59 Å². The first-order valence-corrected chi connectivity index (χ1v) is 6.91. The molecule has 0 radical (unpaired) electrons. The molecule has 3 rings (SSSR count). The topological polar surface area (TPSA) is 49.4 Å². The number of imide groups is 1. The number of nitrogens with zero attached hydrogens (tertiary/aromatic N) is 1. The van der Waals surface area contributed by atoms with Gasteiger partial charge >= 0.3 is 0 Å². The number of halogens is 1. The molecule has 2 amide bonds. The van der Waals surface area contributed by atoms with Crippen molar-refractivity contribution in [3.8, 4) is 0 Å². The summed E-state index contributed by atoms with van der Waals surface area (Å²) >= 11 is 3.38. The van der Waals surface area contributed by atoms with Crippen molar-refractivity contribution >= 4 is 33.4 Å². The quantitative estimate of drug-likeness (QED) is 0.879. The van der Waals surface area contributed by atoms with E-state index in [0.29, 0.717) is 11.1 Å². The average molecular weight is 331 g/mol. The zero-order chi connectivity index (χ0) is 14.1. The van der Waals surface area contributed by atoms with Gasteiger partial charge in [-0.25, -0.2) is 0 Å². The number of carbonyl (C=O) groups is 2. The van der Waals surface area contributed by atoms with Crippen LogP contribution in [0.4, 0.5) is 5.69 Å². The molecule has 2 aromatic carbocycles. The van der Waals surface area contributed by atoms with Crippen LogP contribution >= 0.6 is 15.9 Å². The Morgan fingerprint density at radius 2 is 1.60 bits per heavy atom. The zero-order valence-corrected chi connectivity index (χ0v) is 12.1. The molecule has 1 aliphatic rings. The predicted molar refractivity (Wildman–Crippen MR) is 79.6 cm³/mol. The summed E-state index contributed by atoms with van der Waals surface area (Å²) < 4.78 is 0.935. The van der Waals surface area contributed by atoms with Gasteiger partial charge in [0.2, 0.25) is 0 Å². The second kappa shape index (κ2) is 5.09. The van der Waals surface area contributed by atoms with Crippen LogP contribution in [-0.2, 0) is 0 Å². The molecule has 1 aliphatic heterocycles. The first kappa shape index (κ1) is 12.9. The Morgan fingerprint density at radius 3 is 2.20 bits per heavy atom. The highest BCUT2D eigenvalue weighted by atomic mass is 79.9. The van der Waals surface area contributed by atoms with E-state index in [1.54, 1.807) is 24.3 Å². The molecule has 0 fully saturated rings. The van der Waals surface area contributed by atoms with Crippen molar-refractivity contribution in [1.29, 1.82) is 0 Å². The monoisotopic (exact) mass is 330 g/mol. The van der Waals surface area contributed by atoms with Gasteiger partial charge in [-0.3, -0.25) is 14.5 Å². The summed E-state index contributed by atoms with van der Waals surface area (Å²) in [7, 11) is 0. The molecule has 0 unspecified atom stereocenters. The number of amides is 2. The Kier molecular flexibility index (Phi) is 3.28. The standard InChI is InChI=1S/C15H11BrN2O2/c16-10-4-3-5-11(8-10)17-9-18-14(19)12-6-1-2-7-13(12)15(18)20/h1-8,17H,9H2. The molecule has 0 spiro atoms. The molecule has 20 heavy (non-hydrogen) atoms. The van der Waals surface area contributed by atoms with E-state index in [0.717, 1.165) is 10.2 Å². The van der Waals surface area contributed by atoms with Crippen LogP contribution in [0.2, 0.25) is 0 Å². The van der Waals surface area contributed by atoms with Crippen molar-refractivity contribution in [3.05, 3.63) is 64.1 Å². The zero-order valence-electron chi connectivity index (χ0n) is 10.5. The number of benzene rings is 2. The fourth-order valence-electron chi connectivity index (χ4n) is 2.15. The maximum absolute atomic E-state index is 12.2. The van der Waals surface area contributed by atoms with Crippen LogP contribution in [0.3, 0.4) is 0 Å². The van der Waals surface area contributed by atoms with Crippen molar-refractivity contribution in [3.63, 3.8) is 0 Å². The van der Waals surface area contributed by atoms with Gasteiger partial charge in [0.05, 0.1) is 17.8 Å². The number of anilines is 1. The van der Waals surface area contributed by atoms with Gasteiger partial charge in [0, 0.05) is 10.2 Å². The lowest BCUT2D eigenvalue weighted by molar-refractivity contribution is 0.0666. The normalized spacial score (nSPS) is 13.6. The molecular formula is C15H11BrN2O2. The maximum atomic E-state index is 12.2. The van der Waals surface area contributed by atoms with Crippen LogP contribution in [0, 0.1) is 0 Å². The van der Waals surface area contributed by atoms with E-state index in [9.17, 15) is 9.59 Å². The van der Waals surface area contributed by atoms with Gasteiger partial charge in [0.15, 0.2) is 0 Å². The minimum Gasteiger partial charge on any atom is -0.367 e. The van der Waals surface area contributed by atoms with Crippen molar-refractivity contribution in [2.75, 3.05) is 12.0 Å². The summed E-state index contributed by atoms with van der Waals surface area (Å²) in [6.45, 7) is 0.156. The molecule has 5 heteroatoms. The smallest absolute Gasteiger partial charge is 0.263 e. The average Bonchev–Trinajstić information content (AvgIpc) is 2.70. The highest BCUT2D eigenvalue weighted by Crippen LogP contribution is 2.22. The van der Waals surface area contributed by atoms with E-state index < -0.39 is 0 Å². The minimum absolute atomic E-state index is 0.156. The van der Waals surface area contributed by atoms with Gasteiger partial charge in [-0.1, -0.05) is 34.1 Å². The van der Waals surface area contributed by atoms with Crippen LogP contribution in [0.15, 0.2) is 53.0 Å². The van der Waals surface area contributed by atoms with Crippen molar-refractivity contribution in [1.82, 2.24) is 4.90 Å². The van der Waals surface area contributed by atoms with E-state index in [1.807, 2.05) is 24.3 Å². The highest BCUT2D eigenvalue weighted by Gasteiger charge is 2.34. The first-order chi connectivity index (χ1) is 9.66. The molecule has 4 nitrogen and oxygen atoms in total. The minimum atomic E-state index is -0.256. The third-order valence-corrected chi connectivity index (χ3v) is 3.64. The molecule has 0 bridgehead atoms. The lowest BCUT2D eigenvalue weighted by Gasteiger charge is -2.15. The van der Waals surface area contributed by atoms with E-state index in [4.69, 9.17) is 0 Å². The second-order valence-corrected chi connectivity index (χ2v) is 5.34. The number of hydrogen-bond acceptors (Lipinski definition) is 3. The number of fused-ring (bicyclic) bond motifs is 1. The number of rotatable bonds is 3. The lowest BCUT2D eigenvalue weighted by Crippen LogP contribution is -2.34. The van der Waals surface area contributed by atoms with Crippen LogP contribution in [-0.4, -0.2) is 23.4 Å². The van der Waals surface area contributed by atoms with Gasteiger partial charge in [0.25, 0.3) is 11.8 Å². The largest absolute Gasteiger partial charge is 0.367 e. The third-order valence-electron chi connectivity index (χ3n) is 3.14. The summed E-state index contributed by atoms with van der Waals surface area (Å²) in [6.07, 6.45) is 0. The second-order valence-electron chi connectivity index (χ2n) is 4.43. The Balaban J connectivity index is 1.77. The van der Waals surface area contributed by atoms with Gasteiger partial charge < -0.3 is 5.32 Å². The Labute approximate surface area is 124 Å². The molecule has 100 valence electrons. The maximum Gasteiger partial charge on any atom is 0.263 e. The number of nitrogens with one attached hydrogen (secondary N) is 1. The SMILES string of the molecule is O=C1c2ccccc2C(=O)N1CNc1cccc(Br)c1. The Hall–Kier alpha value is -2.14.